The van der Waals surface area contributed by atoms with Crippen molar-refractivity contribution in [2.75, 3.05) is 16.8 Å². The summed E-state index contributed by atoms with van der Waals surface area (Å²) in [5, 5.41) is 5.71. The fourth-order valence-corrected chi connectivity index (χ4v) is 4.81. The summed E-state index contributed by atoms with van der Waals surface area (Å²) in [4.78, 5) is 36.1. The zero-order valence-electron chi connectivity index (χ0n) is 23.3. The van der Waals surface area contributed by atoms with Gasteiger partial charge in [0.1, 0.15) is 5.82 Å². The number of carbonyl (C=O) groups is 1. The molecule has 8 nitrogen and oxygen atoms in total. The first-order valence-corrected chi connectivity index (χ1v) is 13.8. The molecule has 2 aromatic carbocycles. The average Bonchev–Trinajstić information content (AvgIpc) is 3.31. The Balaban J connectivity index is 1.53. The van der Waals surface area contributed by atoms with Crippen molar-refractivity contribution in [3.05, 3.63) is 118 Å². The number of aromatic nitrogens is 3. The number of nitrogens with one attached hydrogen (secondary N) is 2. The van der Waals surface area contributed by atoms with Crippen molar-refractivity contribution in [2.24, 2.45) is 0 Å². The van der Waals surface area contributed by atoms with Crippen LogP contribution in [-0.4, -0.2) is 27.6 Å². The molecule has 8 heteroatoms. The molecular weight excluding hydrogens is 514 g/mol. The number of allylic oxidation sites excluding steroid dienone is 5. The maximum atomic E-state index is 13.2. The number of pyridine rings is 1. The highest BCUT2D eigenvalue weighted by Crippen LogP contribution is 2.33. The third-order valence-corrected chi connectivity index (χ3v) is 6.76. The van der Waals surface area contributed by atoms with E-state index in [1.165, 1.54) is 0 Å². The number of carbonyl (C=O) groups excluding carboxylic acids is 1. The Hall–Kier alpha value is -4.98. The first-order valence-electron chi connectivity index (χ1n) is 13.8. The molecule has 1 amide bonds. The van der Waals surface area contributed by atoms with Gasteiger partial charge in [-0.1, -0.05) is 97.0 Å². The predicted molar refractivity (Wildman–Crippen MR) is 162 cm³/mol. The largest absolute Gasteiger partial charge is 0.460 e. The minimum atomic E-state index is -0.700. The number of rotatable bonds is 10. The van der Waals surface area contributed by atoms with Gasteiger partial charge in [-0.3, -0.25) is 4.79 Å². The number of anilines is 2. The highest BCUT2D eigenvalue weighted by molar-refractivity contribution is 5.94. The van der Waals surface area contributed by atoms with Crippen LogP contribution >= 0.6 is 0 Å². The van der Waals surface area contributed by atoms with Crippen LogP contribution in [0.25, 0.3) is 22.6 Å². The van der Waals surface area contributed by atoms with E-state index in [0.29, 0.717) is 35.7 Å². The van der Waals surface area contributed by atoms with Gasteiger partial charge in [-0.2, -0.15) is 10.1 Å². The molecular formula is C33H33N5O3. The number of H-pyrrole nitrogens is 1. The van der Waals surface area contributed by atoms with Gasteiger partial charge < -0.3 is 14.7 Å². The molecule has 0 spiro atoms. The van der Waals surface area contributed by atoms with Crippen molar-refractivity contribution in [1.29, 1.82) is 0 Å². The highest BCUT2D eigenvalue weighted by Gasteiger charge is 2.17. The fourth-order valence-electron chi connectivity index (χ4n) is 4.81. The van der Waals surface area contributed by atoms with E-state index in [9.17, 15) is 9.59 Å². The van der Waals surface area contributed by atoms with Crippen LogP contribution in [0.15, 0.2) is 111 Å². The lowest BCUT2D eigenvalue weighted by molar-refractivity contribution is -0.115. The Bertz CT molecular complexity index is 1660. The van der Waals surface area contributed by atoms with E-state index in [1.54, 1.807) is 0 Å². The van der Waals surface area contributed by atoms with Crippen molar-refractivity contribution in [3.63, 3.8) is 0 Å². The van der Waals surface area contributed by atoms with Gasteiger partial charge in [0, 0.05) is 42.4 Å². The van der Waals surface area contributed by atoms with Gasteiger partial charge in [0.25, 0.3) is 0 Å². The van der Waals surface area contributed by atoms with Crippen LogP contribution in [0.2, 0.25) is 0 Å². The third-order valence-electron chi connectivity index (χ3n) is 6.76. The van der Waals surface area contributed by atoms with Crippen molar-refractivity contribution < 1.29 is 9.32 Å². The van der Waals surface area contributed by atoms with E-state index in [-0.39, 0.29) is 5.91 Å². The topological polar surface area (TPSA) is 104 Å². The number of benzene rings is 2. The van der Waals surface area contributed by atoms with Gasteiger partial charge in [0.15, 0.2) is 5.82 Å². The molecule has 0 atom stereocenters. The maximum Gasteiger partial charge on any atom is 0.460 e. The molecule has 0 unspecified atom stereocenters. The summed E-state index contributed by atoms with van der Waals surface area (Å²) in [6.07, 6.45) is 10.2. The molecule has 0 saturated heterocycles. The van der Waals surface area contributed by atoms with E-state index >= 15 is 0 Å². The molecule has 2 heterocycles. The van der Waals surface area contributed by atoms with E-state index in [1.807, 2.05) is 73.7 Å². The lowest BCUT2D eigenvalue weighted by atomic mass is 10.0. The monoisotopic (exact) mass is 547 g/mol. The Kier molecular flexibility index (Phi) is 8.69. The standard InChI is InChI=1S/C33H33N5O3/c1-3-18-38(22-25-11-5-4-6-12-25)30-21-26(34-31(39)19-24-13-9-10-23(2)16-17-24)20-29(35-30)27-14-7-8-15-28(27)32-36-33(40)41-37-32/h4-12,14-17,20-21H,3,13,18-19,22H2,1-2H3,(H,34,35,39)(H,36,37,40). The molecule has 2 aromatic heterocycles. The van der Waals surface area contributed by atoms with Gasteiger partial charge >= 0.3 is 5.76 Å². The predicted octanol–water partition coefficient (Wildman–Crippen LogP) is 6.67. The van der Waals surface area contributed by atoms with Gasteiger partial charge in [-0.15, -0.1) is 0 Å². The molecule has 0 aliphatic heterocycles. The van der Waals surface area contributed by atoms with E-state index < -0.39 is 5.76 Å². The summed E-state index contributed by atoms with van der Waals surface area (Å²) < 4.78 is 4.84. The Morgan fingerprint density at radius 2 is 1.80 bits per heavy atom. The molecule has 208 valence electrons. The summed E-state index contributed by atoms with van der Waals surface area (Å²) >= 11 is 0. The van der Waals surface area contributed by atoms with Crippen LogP contribution in [-0.2, 0) is 11.3 Å². The Morgan fingerprint density at radius 3 is 2.56 bits per heavy atom. The smallest absolute Gasteiger partial charge is 0.352 e. The lowest BCUT2D eigenvalue weighted by Crippen LogP contribution is -2.25. The minimum Gasteiger partial charge on any atom is -0.352 e. The quantitative estimate of drug-likeness (QED) is 0.230. The molecule has 2 N–H and O–H groups in total. The SMILES string of the molecule is CCCN(Cc1ccccc1)c1cc(NC(=O)CC2=CC=C(C)C=CC2)cc(-c2ccccc2-c2nc(=O)o[nH]2)n1. The second-order valence-electron chi connectivity index (χ2n) is 10.0. The van der Waals surface area contributed by atoms with Crippen molar-refractivity contribution in [3.8, 4) is 22.6 Å². The van der Waals surface area contributed by atoms with Crippen LogP contribution in [0.3, 0.4) is 0 Å². The summed E-state index contributed by atoms with van der Waals surface area (Å²) in [6, 6.07) is 21.6. The van der Waals surface area contributed by atoms with Crippen LogP contribution in [0.5, 0.6) is 0 Å². The lowest BCUT2D eigenvalue weighted by Gasteiger charge is -2.25. The first kappa shape index (κ1) is 27.6. The third kappa shape index (κ3) is 7.16. The number of hydrogen-bond donors (Lipinski definition) is 2. The zero-order chi connectivity index (χ0) is 28.6. The van der Waals surface area contributed by atoms with E-state index in [0.717, 1.165) is 47.5 Å². The fraction of sp³-hybridized carbons (Fsp3) is 0.212. The molecule has 4 aromatic rings. The summed E-state index contributed by atoms with van der Waals surface area (Å²) in [5.41, 5.74) is 6.07. The highest BCUT2D eigenvalue weighted by atomic mass is 16.5. The maximum absolute atomic E-state index is 13.2. The van der Waals surface area contributed by atoms with Crippen molar-refractivity contribution in [2.45, 2.75) is 39.7 Å². The molecule has 5 rings (SSSR count). The number of hydrogen-bond acceptors (Lipinski definition) is 6. The van der Waals surface area contributed by atoms with Crippen molar-refractivity contribution in [1.82, 2.24) is 15.1 Å². The minimum absolute atomic E-state index is 0.0973. The summed E-state index contributed by atoms with van der Waals surface area (Å²) in [6.45, 7) is 5.62. The zero-order valence-corrected chi connectivity index (χ0v) is 23.3. The molecule has 1 aliphatic carbocycles. The number of nitrogens with zero attached hydrogens (tertiary/aromatic N) is 3. The van der Waals surface area contributed by atoms with Crippen LogP contribution in [0.1, 0.15) is 38.7 Å². The average molecular weight is 548 g/mol. The molecule has 0 radical (unpaired) electrons. The summed E-state index contributed by atoms with van der Waals surface area (Å²) in [7, 11) is 0. The second-order valence-corrected chi connectivity index (χ2v) is 10.0. The van der Waals surface area contributed by atoms with Crippen molar-refractivity contribution >= 4 is 17.4 Å². The normalized spacial score (nSPS) is 12.8. The van der Waals surface area contributed by atoms with Crippen LogP contribution in [0.4, 0.5) is 11.5 Å². The van der Waals surface area contributed by atoms with E-state index in [4.69, 9.17) is 9.51 Å². The second kappa shape index (κ2) is 12.9. The molecule has 0 fully saturated rings. The van der Waals surface area contributed by atoms with E-state index in [2.05, 4.69) is 51.6 Å². The molecule has 0 bridgehead atoms. The van der Waals surface area contributed by atoms with Gasteiger partial charge in [0.05, 0.1) is 5.69 Å². The number of amides is 1. The van der Waals surface area contributed by atoms with Gasteiger partial charge in [-0.05, 0) is 31.4 Å². The Morgan fingerprint density at radius 1 is 1.02 bits per heavy atom. The molecule has 41 heavy (non-hydrogen) atoms. The van der Waals surface area contributed by atoms with Gasteiger partial charge in [-0.25, -0.2) is 9.78 Å². The molecule has 1 aliphatic rings. The van der Waals surface area contributed by atoms with Crippen LogP contribution in [0, 0.1) is 0 Å². The van der Waals surface area contributed by atoms with Crippen LogP contribution < -0.4 is 16.0 Å². The van der Waals surface area contributed by atoms with Gasteiger partial charge in [0.2, 0.25) is 5.91 Å². The molecule has 0 saturated carbocycles. The number of aromatic amines is 1. The Labute approximate surface area is 239 Å². The first-order chi connectivity index (χ1) is 20.0. The summed E-state index contributed by atoms with van der Waals surface area (Å²) in [5.74, 6) is 0.256.